The summed E-state index contributed by atoms with van der Waals surface area (Å²) in [5.74, 6) is 0.789. The Labute approximate surface area is 114 Å². The molecule has 1 N–H and O–H groups in total. The van der Waals surface area contributed by atoms with Crippen LogP contribution < -0.4 is 0 Å². The van der Waals surface area contributed by atoms with Crippen LogP contribution in [0.15, 0.2) is 0 Å². The average Bonchev–Trinajstić information content (AvgIpc) is 2.33. The van der Waals surface area contributed by atoms with Gasteiger partial charge < -0.3 is 5.11 Å². The zero-order chi connectivity index (χ0) is 13.4. The van der Waals surface area contributed by atoms with E-state index in [4.69, 9.17) is 0 Å². The summed E-state index contributed by atoms with van der Waals surface area (Å²) >= 11 is 0. The number of aliphatic hydroxyl groups is 1. The van der Waals surface area contributed by atoms with Crippen LogP contribution in [0.25, 0.3) is 0 Å². The summed E-state index contributed by atoms with van der Waals surface area (Å²) in [4.78, 5) is 2.38. The molecule has 0 radical (unpaired) electrons. The normalized spacial score (nSPS) is 27.8. The first-order chi connectivity index (χ1) is 8.74. The molecule has 1 aliphatic rings. The highest BCUT2D eigenvalue weighted by Gasteiger charge is 2.29. The van der Waals surface area contributed by atoms with Gasteiger partial charge in [-0.25, -0.2) is 0 Å². The van der Waals surface area contributed by atoms with E-state index in [1.165, 1.54) is 44.9 Å². The molecule has 0 amide bonds. The Balaban J connectivity index is 2.69. The molecule has 0 saturated heterocycles. The minimum Gasteiger partial charge on any atom is -0.378 e. The molecule has 0 aromatic heterocycles. The van der Waals surface area contributed by atoms with Gasteiger partial charge in [0.25, 0.3) is 0 Å². The topological polar surface area (TPSA) is 23.5 Å². The van der Waals surface area contributed by atoms with Crippen LogP contribution in [0.1, 0.15) is 78.6 Å². The highest BCUT2D eigenvalue weighted by atomic mass is 16.3. The van der Waals surface area contributed by atoms with E-state index >= 15 is 0 Å². The van der Waals surface area contributed by atoms with Crippen molar-refractivity contribution in [2.45, 2.75) is 90.8 Å². The van der Waals surface area contributed by atoms with Crippen molar-refractivity contribution in [2.24, 2.45) is 5.92 Å². The fourth-order valence-corrected chi connectivity index (χ4v) is 3.54. The van der Waals surface area contributed by atoms with Gasteiger partial charge >= 0.3 is 0 Å². The quantitative estimate of drug-likeness (QED) is 0.720. The predicted octanol–water partition coefficient (Wildman–Crippen LogP) is 4.18. The minimum absolute atomic E-state index is 0.224. The van der Waals surface area contributed by atoms with E-state index in [0.29, 0.717) is 6.04 Å². The van der Waals surface area contributed by atoms with Crippen LogP contribution in [0.3, 0.4) is 0 Å². The Bertz CT molecular complexity index is 207. The van der Waals surface area contributed by atoms with E-state index in [1.807, 2.05) is 0 Å². The lowest BCUT2D eigenvalue weighted by Crippen LogP contribution is -2.47. The van der Waals surface area contributed by atoms with Crippen molar-refractivity contribution in [1.82, 2.24) is 4.90 Å². The van der Waals surface area contributed by atoms with Gasteiger partial charge in [-0.1, -0.05) is 59.3 Å². The maximum atomic E-state index is 10.4. The van der Waals surface area contributed by atoms with E-state index in [2.05, 4.69) is 25.7 Å². The van der Waals surface area contributed by atoms with Gasteiger partial charge in [0, 0.05) is 6.04 Å². The third kappa shape index (κ3) is 4.55. The van der Waals surface area contributed by atoms with E-state index < -0.39 is 0 Å². The second-order valence-electron chi connectivity index (χ2n) is 5.83. The molecule has 1 saturated carbocycles. The fraction of sp³-hybridized carbons (Fsp3) is 1.00. The van der Waals surface area contributed by atoms with Crippen molar-refractivity contribution in [1.29, 1.82) is 0 Å². The van der Waals surface area contributed by atoms with Crippen LogP contribution in [0.5, 0.6) is 0 Å². The highest BCUT2D eigenvalue weighted by Crippen LogP contribution is 2.30. The minimum atomic E-state index is -0.224. The second-order valence-corrected chi connectivity index (χ2v) is 5.83. The summed E-state index contributed by atoms with van der Waals surface area (Å²) in [6.45, 7) is 7.67. The van der Waals surface area contributed by atoms with E-state index in [-0.39, 0.29) is 6.23 Å². The molecule has 0 bridgehead atoms. The number of hydrogen-bond donors (Lipinski definition) is 1. The molecule has 2 heteroatoms. The van der Waals surface area contributed by atoms with E-state index in [1.54, 1.807) is 0 Å². The van der Waals surface area contributed by atoms with Gasteiger partial charge in [0.2, 0.25) is 0 Å². The second kappa shape index (κ2) is 8.92. The molecular formula is C16H33NO. The maximum absolute atomic E-state index is 10.4. The first-order valence-electron chi connectivity index (χ1n) is 8.18. The molecule has 0 aliphatic heterocycles. The van der Waals surface area contributed by atoms with Gasteiger partial charge in [0.15, 0.2) is 0 Å². The zero-order valence-corrected chi connectivity index (χ0v) is 12.7. The highest BCUT2D eigenvalue weighted by molar-refractivity contribution is 4.81. The Morgan fingerprint density at radius 3 is 2.28 bits per heavy atom. The van der Waals surface area contributed by atoms with Crippen LogP contribution in [0, 0.1) is 5.92 Å². The summed E-state index contributed by atoms with van der Waals surface area (Å²) in [5.41, 5.74) is 0. The first kappa shape index (κ1) is 16.0. The largest absolute Gasteiger partial charge is 0.378 e. The van der Waals surface area contributed by atoms with Crippen molar-refractivity contribution in [3.8, 4) is 0 Å². The molecule has 108 valence electrons. The van der Waals surface area contributed by atoms with Gasteiger partial charge in [0.1, 0.15) is 6.23 Å². The van der Waals surface area contributed by atoms with Crippen LogP contribution in [0.2, 0.25) is 0 Å². The fourth-order valence-electron chi connectivity index (χ4n) is 3.54. The van der Waals surface area contributed by atoms with Crippen molar-refractivity contribution in [3.05, 3.63) is 0 Å². The third-order valence-electron chi connectivity index (χ3n) is 4.61. The lowest BCUT2D eigenvalue weighted by Gasteiger charge is -2.40. The molecular weight excluding hydrogens is 222 g/mol. The van der Waals surface area contributed by atoms with Crippen LogP contribution in [-0.4, -0.2) is 28.8 Å². The average molecular weight is 255 g/mol. The monoisotopic (exact) mass is 255 g/mol. The Hall–Kier alpha value is -0.0800. The zero-order valence-electron chi connectivity index (χ0n) is 12.7. The molecule has 18 heavy (non-hydrogen) atoms. The van der Waals surface area contributed by atoms with Crippen molar-refractivity contribution in [2.75, 3.05) is 6.54 Å². The van der Waals surface area contributed by atoms with Crippen molar-refractivity contribution in [3.63, 3.8) is 0 Å². The smallest absolute Gasteiger partial charge is 0.107 e. The molecule has 1 rings (SSSR count). The molecule has 0 aromatic rings. The van der Waals surface area contributed by atoms with Gasteiger partial charge in [-0.2, -0.15) is 0 Å². The van der Waals surface area contributed by atoms with Gasteiger partial charge in [0.05, 0.1) is 0 Å². The maximum Gasteiger partial charge on any atom is 0.107 e. The van der Waals surface area contributed by atoms with E-state index in [0.717, 1.165) is 25.3 Å². The molecule has 3 unspecified atom stereocenters. The Kier molecular flexibility index (Phi) is 7.92. The summed E-state index contributed by atoms with van der Waals surface area (Å²) < 4.78 is 0. The van der Waals surface area contributed by atoms with Crippen molar-refractivity contribution < 1.29 is 5.11 Å². The molecule has 0 aromatic carbocycles. The summed E-state index contributed by atoms with van der Waals surface area (Å²) in [6, 6.07) is 0.613. The molecule has 1 fully saturated rings. The molecule has 0 heterocycles. The number of aliphatic hydroxyl groups excluding tert-OH is 1. The number of nitrogens with zero attached hydrogens (tertiary/aromatic N) is 1. The molecule has 3 atom stereocenters. The number of hydrogen-bond acceptors (Lipinski definition) is 2. The van der Waals surface area contributed by atoms with Crippen LogP contribution in [-0.2, 0) is 0 Å². The summed E-state index contributed by atoms with van der Waals surface area (Å²) in [5, 5.41) is 10.4. The SMILES string of the molecule is CCCC(O)N(CC)C1CCCCCCC1CC. The molecule has 1 aliphatic carbocycles. The summed E-state index contributed by atoms with van der Waals surface area (Å²) in [6.07, 6.45) is 11.2. The van der Waals surface area contributed by atoms with E-state index in [9.17, 15) is 5.11 Å². The Morgan fingerprint density at radius 1 is 1.06 bits per heavy atom. The van der Waals surface area contributed by atoms with Gasteiger partial charge in [-0.3, -0.25) is 4.90 Å². The first-order valence-corrected chi connectivity index (χ1v) is 8.18. The summed E-state index contributed by atoms with van der Waals surface area (Å²) in [7, 11) is 0. The molecule has 0 spiro atoms. The van der Waals surface area contributed by atoms with Gasteiger partial charge in [-0.15, -0.1) is 0 Å². The lowest BCUT2D eigenvalue weighted by molar-refractivity contribution is -0.0490. The third-order valence-corrected chi connectivity index (χ3v) is 4.61. The number of rotatable bonds is 6. The standard InChI is InChI=1S/C16H33NO/c1-4-11-16(18)17(6-3)15-13-10-8-7-9-12-14(15)5-2/h14-16,18H,4-13H2,1-3H3. The van der Waals surface area contributed by atoms with Crippen LogP contribution in [0.4, 0.5) is 0 Å². The van der Waals surface area contributed by atoms with Crippen molar-refractivity contribution >= 4 is 0 Å². The predicted molar refractivity (Wildman–Crippen MR) is 78.6 cm³/mol. The lowest BCUT2D eigenvalue weighted by atomic mass is 9.84. The Morgan fingerprint density at radius 2 is 1.72 bits per heavy atom. The molecule has 2 nitrogen and oxygen atoms in total. The van der Waals surface area contributed by atoms with Crippen LogP contribution >= 0.6 is 0 Å². The van der Waals surface area contributed by atoms with Gasteiger partial charge in [-0.05, 0) is 31.7 Å².